The zero-order valence-electron chi connectivity index (χ0n) is 14.4. The number of amides is 2. The molecule has 4 rings (SSSR count). The summed E-state index contributed by atoms with van der Waals surface area (Å²) in [5.41, 5.74) is 0. The quantitative estimate of drug-likeness (QED) is 0.722. The topological polar surface area (TPSA) is 49.9 Å². The molecule has 2 amide bonds. The Hall–Kier alpha value is -1.36. The van der Waals surface area contributed by atoms with Crippen molar-refractivity contribution in [2.24, 2.45) is 17.8 Å². The average molecular weight is 332 g/mol. The van der Waals surface area contributed by atoms with Gasteiger partial charge in [-0.25, -0.2) is 0 Å². The van der Waals surface area contributed by atoms with Crippen molar-refractivity contribution in [1.29, 1.82) is 0 Å². The summed E-state index contributed by atoms with van der Waals surface area (Å²) in [7, 11) is 0. The molecule has 0 spiro atoms. The number of carbonyl (C=O) groups excluding carboxylic acids is 2. The van der Waals surface area contributed by atoms with Gasteiger partial charge >= 0.3 is 0 Å². The summed E-state index contributed by atoms with van der Waals surface area (Å²) in [6, 6.07) is 0. The van der Waals surface area contributed by atoms with Crippen LogP contribution in [0.2, 0.25) is 0 Å². The summed E-state index contributed by atoms with van der Waals surface area (Å²) in [6.45, 7) is 3.28. The number of carbonyl (C=O) groups is 2. The standard InChI is InChI=1S/C19H28N2O3/c22-18(20-7-1-2-8-20)13-21(12-16-4-3-9-24-16)19(23)17-11-14-5-6-15(17)10-14/h5-6,14-17H,1-4,7-13H2/t14-,15-,16+,17-/m0/s1. The van der Waals surface area contributed by atoms with Gasteiger partial charge in [0.05, 0.1) is 12.6 Å². The van der Waals surface area contributed by atoms with Crippen molar-refractivity contribution in [2.45, 2.75) is 44.6 Å². The highest BCUT2D eigenvalue weighted by atomic mass is 16.5. The van der Waals surface area contributed by atoms with Crippen LogP contribution in [0.15, 0.2) is 12.2 Å². The van der Waals surface area contributed by atoms with Gasteiger partial charge in [0, 0.05) is 32.2 Å². The molecule has 4 aliphatic rings. The number of rotatable bonds is 5. The van der Waals surface area contributed by atoms with E-state index in [1.807, 2.05) is 9.80 Å². The molecule has 2 saturated heterocycles. The molecule has 0 unspecified atom stereocenters. The zero-order valence-corrected chi connectivity index (χ0v) is 14.4. The number of fused-ring (bicyclic) bond motifs is 2. The van der Waals surface area contributed by atoms with Crippen LogP contribution in [0, 0.1) is 17.8 Å². The van der Waals surface area contributed by atoms with Gasteiger partial charge < -0.3 is 14.5 Å². The second kappa shape index (κ2) is 6.87. The van der Waals surface area contributed by atoms with E-state index in [1.54, 1.807) is 0 Å². The fraction of sp³-hybridized carbons (Fsp3) is 0.789. The second-order valence-corrected chi connectivity index (χ2v) is 7.83. The predicted molar refractivity (Wildman–Crippen MR) is 90.2 cm³/mol. The highest BCUT2D eigenvalue weighted by Gasteiger charge is 2.42. The van der Waals surface area contributed by atoms with Gasteiger partial charge in [-0.2, -0.15) is 0 Å². The predicted octanol–water partition coefficient (Wildman–Crippen LogP) is 1.83. The molecule has 5 heteroatoms. The van der Waals surface area contributed by atoms with Gasteiger partial charge in [-0.15, -0.1) is 0 Å². The highest BCUT2D eigenvalue weighted by Crippen LogP contribution is 2.44. The highest BCUT2D eigenvalue weighted by molar-refractivity contribution is 5.86. The van der Waals surface area contributed by atoms with Crippen LogP contribution in [0.3, 0.4) is 0 Å². The summed E-state index contributed by atoms with van der Waals surface area (Å²) >= 11 is 0. The molecule has 0 aromatic rings. The molecule has 24 heavy (non-hydrogen) atoms. The largest absolute Gasteiger partial charge is 0.376 e. The minimum atomic E-state index is 0.0766. The SMILES string of the molecule is O=C(CN(C[C@H]1CCCO1)C(=O)[C@H]1C[C@H]2C=C[C@H]1C2)N1CCCC1. The average Bonchev–Trinajstić information content (AvgIpc) is 3.38. The summed E-state index contributed by atoms with van der Waals surface area (Å²) in [5, 5.41) is 0. The summed E-state index contributed by atoms with van der Waals surface area (Å²) in [6.07, 6.45) is 10.9. The van der Waals surface area contributed by atoms with Crippen LogP contribution in [-0.2, 0) is 14.3 Å². The maximum absolute atomic E-state index is 13.1. The third-order valence-electron chi connectivity index (χ3n) is 6.14. The minimum Gasteiger partial charge on any atom is -0.376 e. The Balaban J connectivity index is 1.43. The van der Waals surface area contributed by atoms with Crippen molar-refractivity contribution in [3.8, 4) is 0 Å². The van der Waals surface area contributed by atoms with Crippen LogP contribution < -0.4 is 0 Å². The molecule has 0 aromatic heterocycles. The number of likely N-dealkylation sites (tertiary alicyclic amines) is 1. The normalized spacial score (nSPS) is 34.2. The lowest BCUT2D eigenvalue weighted by Gasteiger charge is -2.31. The lowest BCUT2D eigenvalue weighted by Crippen LogP contribution is -2.47. The molecule has 2 bridgehead atoms. The molecular formula is C19H28N2O3. The van der Waals surface area contributed by atoms with Crippen molar-refractivity contribution in [3.05, 3.63) is 12.2 Å². The van der Waals surface area contributed by atoms with Crippen LogP contribution in [0.1, 0.15) is 38.5 Å². The molecule has 2 heterocycles. The molecule has 3 fully saturated rings. The van der Waals surface area contributed by atoms with Crippen LogP contribution >= 0.6 is 0 Å². The second-order valence-electron chi connectivity index (χ2n) is 7.83. The van der Waals surface area contributed by atoms with Gasteiger partial charge in [0.1, 0.15) is 0 Å². The van der Waals surface area contributed by atoms with Crippen molar-refractivity contribution in [1.82, 2.24) is 9.80 Å². The fourth-order valence-corrected chi connectivity index (χ4v) is 4.80. The number of hydrogen-bond acceptors (Lipinski definition) is 3. The van der Waals surface area contributed by atoms with E-state index in [0.29, 0.717) is 18.4 Å². The third-order valence-corrected chi connectivity index (χ3v) is 6.14. The van der Waals surface area contributed by atoms with Gasteiger partial charge in [0.25, 0.3) is 0 Å². The van der Waals surface area contributed by atoms with Gasteiger partial charge in [0.2, 0.25) is 11.8 Å². The van der Waals surface area contributed by atoms with Gasteiger partial charge in [-0.05, 0) is 50.4 Å². The fourth-order valence-electron chi connectivity index (χ4n) is 4.80. The van der Waals surface area contributed by atoms with Crippen LogP contribution in [0.25, 0.3) is 0 Å². The molecule has 0 aromatic carbocycles. The molecule has 4 atom stereocenters. The molecule has 5 nitrogen and oxygen atoms in total. The van der Waals surface area contributed by atoms with E-state index in [2.05, 4.69) is 12.2 Å². The van der Waals surface area contributed by atoms with Gasteiger partial charge in [-0.1, -0.05) is 12.2 Å². The Morgan fingerprint density at radius 3 is 2.58 bits per heavy atom. The first kappa shape index (κ1) is 16.1. The maximum Gasteiger partial charge on any atom is 0.242 e. The maximum atomic E-state index is 13.1. The van der Waals surface area contributed by atoms with E-state index in [9.17, 15) is 9.59 Å². The van der Waals surface area contributed by atoms with E-state index < -0.39 is 0 Å². The van der Waals surface area contributed by atoms with E-state index in [-0.39, 0.29) is 30.4 Å². The molecule has 2 aliphatic heterocycles. The number of nitrogens with zero attached hydrogens (tertiary/aromatic N) is 2. The Morgan fingerprint density at radius 2 is 1.96 bits per heavy atom. The Kier molecular flexibility index (Phi) is 4.61. The Morgan fingerprint density at radius 1 is 1.12 bits per heavy atom. The van der Waals surface area contributed by atoms with Crippen molar-refractivity contribution < 1.29 is 14.3 Å². The zero-order chi connectivity index (χ0) is 16.5. The van der Waals surface area contributed by atoms with Crippen LogP contribution in [0.5, 0.6) is 0 Å². The summed E-state index contributed by atoms with van der Waals surface area (Å²) < 4.78 is 5.73. The molecule has 0 N–H and O–H groups in total. The number of allylic oxidation sites excluding steroid dienone is 2. The van der Waals surface area contributed by atoms with Gasteiger partial charge in [0.15, 0.2) is 0 Å². The first-order valence-electron chi connectivity index (χ1n) is 9.57. The lowest BCUT2D eigenvalue weighted by molar-refractivity contribution is -0.144. The summed E-state index contributed by atoms with van der Waals surface area (Å²) in [5.74, 6) is 1.32. The number of ether oxygens (including phenoxy) is 1. The minimum absolute atomic E-state index is 0.0766. The Labute approximate surface area is 144 Å². The van der Waals surface area contributed by atoms with E-state index in [1.165, 1.54) is 0 Å². The molecule has 1 saturated carbocycles. The van der Waals surface area contributed by atoms with Crippen LogP contribution in [-0.4, -0.2) is 60.5 Å². The van der Waals surface area contributed by atoms with E-state index in [4.69, 9.17) is 4.74 Å². The number of hydrogen-bond donors (Lipinski definition) is 0. The van der Waals surface area contributed by atoms with E-state index in [0.717, 1.165) is 58.2 Å². The first-order chi connectivity index (χ1) is 11.7. The van der Waals surface area contributed by atoms with E-state index >= 15 is 0 Å². The Bertz CT molecular complexity index is 521. The molecule has 132 valence electrons. The molecule has 0 radical (unpaired) electrons. The summed E-state index contributed by atoms with van der Waals surface area (Å²) in [4.78, 5) is 29.5. The van der Waals surface area contributed by atoms with Crippen molar-refractivity contribution in [3.63, 3.8) is 0 Å². The van der Waals surface area contributed by atoms with Crippen LogP contribution in [0.4, 0.5) is 0 Å². The van der Waals surface area contributed by atoms with Gasteiger partial charge in [-0.3, -0.25) is 9.59 Å². The first-order valence-corrected chi connectivity index (χ1v) is 9.57. The molecule has 2 aliphatic carbocycles. The lowest BCUT2D eigenvalue weighted by atomic mass is 9.92. The third kappa shape index (κ3) is 3.23. The smallest absolute Gasteiger partial charge is 0.242 e. The van der Waals surface area contributed by atoms with Crippen molar-refractivity contribution in [2.75, 3.05) is 32.8 Å². The molecular weight excluding hydrogens is 304 g/mol. The van der Waals surface area contributed by atoms with Crippen molar-refractivity contribution >= 4 is 11.8 Å². The monoisotopic (exact) mass is 332 g/mol.